The van der Waals surface area contributed by atoms with Crippen LogP contribution in [-0.2, 0) is 22.5 Å². The molecule has 2 aromatic heterocycles. The van der Waals surface area contributed by atoms with Gasteiger partial charge in [-0.15, -0.1) is 0 Å². The Morgan fingerprint density at radius 2 is 2.04 bits per heavy atom. The number of ether oxygens (including phenoxy) is 1. The highest BCUT2D eigenvalue weighted by atomic mass is 16.5. The molecular weight excluding hydrogens is 318 g/mol. The minimum atomic E-state index is -0.549. The van der Waals surface area contributed by atoms with Crippen LogP contribution in [0.15, 0.2) is 6.07 Å². The van der Waals surface area contributed by atoms with Crippen molar-refractivity contribution in [3.8, 4) is 0 Å². The third kappa shape index (κ3) is 4.48. The van der Waals surface area contributed by atoms with Crippen LogP contribution in [0.3, 0.4) is 0 Å². The van der Waals surface area contributed by atoms with Crippen LogP contribution in [0, 0.1) is 12.3 Å². The van der Waals surface area contributed by atoms with Gasteiger partial charge in [0, 0.05) is 30.7 Å². The lowest BCUT2D eigenvalue weighted by Gasteiger charge is -2.20. The Morgan fingerprint density at radius 1 is 1.32 bits per heavy atom. The summed E-state index contributed by atoms with van der Waals surface area (Å²) in [5, 5.41) is 0. The van der Waals surface area contributed by atoms with Gasteiger partial charge in [0.2, 0.25) is 5.91 Å². The summed E-state index contributed by atoms with van der Waals surface area (Å²) >= 11 is 0. The van der Waals surface area contributed by atoms with E-state index in [1.165, 1.54) is 0 Å². The Labute approximate surface area is 148 Å². The molecule has 0 saturated heterocycles. The van der Waals surface area contributed by atoms with Crippen molar-refractivity contribution >= 4 is 22.8 Å². The zero-order valence-corrected chi connectivity index (χ0v) is 15.6. The van der Waals surface area contributed by atoms with E-state index in [1.54, 1.807) is 0 Å². The largest absolute Gasteiger partial charge is 0.382 e. The number of nitrogens with two attached hydrogens (primary N) is 2. The number of imidazole rings is 1. The second-order valence-electron chi connectivity index (χ2n) is 7.06. The van der Waals surface area contributed by atoms with Crippen molar-refractivity contribution in [1.29, 1.82) is 0 Å². The molecule has 0 unspecified atom stereocenters. The van der Waals surface area contributed by atoms with E-state index in [4.69, 9.17) is 16.2 Å². The molecule has 0 aliphatic carbocycles. The molecule has 7 heteroatoms. The number of hydrogen-bond donors (Lipinski definition) is 2. The first-order chi connectivity index (χ1) is 11.8. The van der Waals surface area contributed by atoms with Crippen molar-refractivity contribution in [1.82, 2.24) is 14.5 Å². The highest BCUT2D eigenvalue weighted by Crippen LogP contribution is 2.23. The summed E-state index contributed by atoms with van der Waals surface area (Å²) in [6, 6.07) is 2.01. The van der Waals surface area contributed by atoms with Gasteiger partial charge in [-0.05, 0) is 25.8 Å². The van der Waals surface area contributed by atoms with Crippen molar-refractivity contribution in [3.63, 3.8) is 0 Å². The minimum Gasteiger partial charge on any atom is -0.382 e. The van der Waals surface area contributed by atoms with Gasteiger partial charge in [-0.1, -0.05) is 20.8 Å². The van der Waals surface area contributed by atoms with E-state index < -0.39 is 5.41 Å². The second-order valence-corrected chi connectivity index (χ2v) is 7.06. The first kappa shape index (κ1) is 19.2. The zero-order valence-electron chi connectivity index (χ0n) is 15.6. The quantitative estimate of drug-likeness (QED) is 0.676. The van der Waals surface area contributed by atoms with Crippen LogP contribution in [0.1, 0.15) is 45.1 Å². The molecule has 25 heavy (non-hydrogen) atoms. The number of primary amides is 1. The van der Waals surface area contributed by atoms with Crippen molar-refractivity contribution in [3.05, 3.63) is 17.6 Å². The van der Waals surface area contributed by atoms with E-state index in [0.717, 1.165) is 35.4 Å². The number of fused-ring (bicyclic) bond motifs is 1. The Kier molecular flexibility index (Phi) is 6.00. The summed E-state index contributed by atoms with van der Waals surface area (Å²) in [4.78, 5) is 20.3. The van der Waals surface area contributed by atoms with Crippen LogP contribution in [0.5, 0.6) is 0 Å². The maximum absolute atomic E-state index is 11.3. The highest BCUT2D eigenvalue weighted by Gasteiger charge is 2.24. The number of anilines is 1. The minimum absolute atomic E-state index is 0.305. The Bertz CT molecular complexity index is 751. The summed E-state index contributed by atoms with van der Waals surface area (Å²) in [6.45, 7) is 9.44. The number of carbonyl (C=O) groups excluding carboxylic acids is 1. The molecule has 0 radical (unpaired) electrons. The summed E-state index contributed by atoms with van der Waals surface area (Å²) in [7, 11) is 0. The number of aryl methyl sites for hydroxylation is 2. The van der Waals surface area contributed by atoms with Gasteiger partial charge >= 0.3 is 0 Å². The molecule has 4 N–H and O–H groups in total. The molecule has 0 aliphatic rings. The van der Waals surface area contributed by atoms with Gasteiger partial charge in [0.1, 0.15) is 11.3 Å². The van der Waals surface area contributed by atoms with Gasteiger partial charge in [0.25, 0.3) is 0 Å². The molecule has 0 atom stereocenters. The number of pyridine rings is 1. The van der Waals surface area contributed by atoms with Crippen molar-refractivity contribution in [2.45, 2.75) is 53.5 Å². The van der Waals surface area contributed by atoms with E-state index >= 15 is 0 Å². The molecular formula is C18H29N5O2. The van der Waals surface area contributed by atoms with E-state index in [2.05, 4.69) is 21.5 Å². The number of aromatic nitrogens is 3. The first-order valence-electron chi connectivity index (χ1n) is 8.76. The predicted molar refractivity (Wildman–Crippen MR) is 99.1 cm³/mol. The summed E-state index contributed by atoms with van der Waals surface area (Å²) in [5.74, 6) is 1.16. The number of rotatable bonds is 9. The van der Waals surface area contributed by atoms with Crippen LogP contribution in [0.25, 0.3) is 11.0 Å². The van der Waals surface area contributed by atoms with Crippen molar-refractivity contribution < 1.29 is 9.53 Å². The van der Waals surface area contributed by atoms with Crippen LogP contribution in [0.4, 0.5) is 5.82 Å². The van der Waals surface area contributed by atoms with Crippen molar-refractivity contribution in [2.24, 2.45) is 11.1 Å². The third-order valence-electron chi connectivity index (χ3n) is 4.44. The number of nitrogens with zero attached hydrogens (tertiary/aromatic N) is 3. The average molecular weight is 347 g/mol. The number of nitrogen functional groups attached to an aromatic ring is 1. The molecule has 2 rings (SSSR count). The maximum Gasteiger partial charge on any atom is 0.223 e. The molecule has 0 spiro atoms. The van der Waals surface area contributed by atoms with E-state index in [1.807, 2.05) is 26.8 Å². The molecule has 2 heterocycles. The zero-order chi connectivity index (χ0) is 18.6. The third-order valence-corrected chi connectivity index (χ3v) is 4.44. The van der Waals surface area contributed by atoms with Crippen molar-refractivity contribution in [2.75, 3.05) is 18.9 Å². The molecule has 0 bridgehead atoms. The fraction of sp³-hybridized carbons (Fsp3) is 0.611. The molecule has 0 fully saturated rings. The first-order valence-corrected chi connectivity index (χ1v) is 8.76. The molecule has 2 aromatic rings. The van der Waals surface area contributed by atoms with Gasteiger partial charge in [-0.3, -0.25) is 4.79 Å². The lowest BCUT2D eigenvalue weighted by atomic mass is 9.89. The van der Waals surface area contributed by atoms with E-state index in [-0.39, 0.29) is 5.91 Å². The molecule has 0 aromatic carbocycles. The van der Waals surface area contributed by atoms with Gasteiger partial charge in [-0.2, -0.15) is 0 Å². The standard InChI is InChI=1S/C18H29N5O2/c1-5-6-14-22-15-13(11-12(2)21-16(15)19)23(14)8-10-25-9-7-18(3,4)17(20)24/h11H,5-10H2,1-4H3,(H2,19,21)(H2,20,24). The fourth-order valence-corrected chi connectivity index (χ4v) is 2.69. The van der Waals surface area contributed by atoms with Gasteiger partial charge < -0.3 is 20.8 Å². The van der Waals surface area contributed by atoms with Crippen LogP contribution >= 0.6 is 0 Å². The highest BCUT2D eigenvalue weighted by molar-refractivity contribution is 5.85. The summed E-state index contributed by atoms with van der Waals surface area (Å²) in [5.41, 5.74) is 13.5. The topological polar surface area (TPSA) is 109 Å². The normalized spacial score (nSPS) is 12.0. The Hall–Kier alpha value is -2.15. The lowest BCUT2D eigenvalue weighted by molar-refractivity contribution is -0.127. The molecule has 0 saturated carbocycles. The lowest BCUT2D eigenvalue weighted by Crippen LogP contribution is -2.32. The Morgan fingerprint density at radius 3 is 2.68 bits per heavy atom. The van der Waals surface area contributed by atoms with Crippen LogP contribution < -0.4 is 11.5 Å². The van der Waals surface area contributed by atoms with Gasteiger partial charge in [-0.25, -0.2) is 9.97 Å². The SMILES string of the molecule is CCCc1nc2c(N)nc(C)cc2n1CCOCCC(C)(C)C(N)=O. The van der Waals surface area contributed by atoms with Gasteiger partial charge in [0.15, 0.2) is 5.82 Å². The molecule has 138 valence electrons. The summed E-state index contributed by atoms with van der Waals surface area (Å²) in [6.07, 6.45) is 2.48. The number of hydrogen-bond acceptors (Lipinski definition) is 5. The number of carbonyl (C=O) groups is 1. The summed E-state index contributed by atoms with van der Waals surface area (Å²) < 4.78 is 7.89. The molecule has 0 aliphatic heterocycles. The smallest absolute Gasteiger partial charge is 0.223 e. The van der Waals surface area contributed by atoms with Crippen LogP contribution in [-0.4, -0.2) is 33.7 Å². The maximum atomic E-state index is 11.3. The van der Waals surface area contributed by atoms with E-state index in [9.17, 15) is 4.79 Å². The predicted octanol–water partition coefficient (Wildman–Crippen LogP) is 2.19. The van der Waals surface area contributed by atoms with Crippen LogP contribution in [0.2, 0.25) is 0 Å². The number of amides is 1. The molecule has 7 nitrogen and oxygen atoms in total. The van der Waals surface area contributed by atoms with Gasteiger partial charge in [0.05, 0.1) is 12.1 Å². The monoisotopic (exact) mass is 347 g/mol. The fourth-order valence-electron chi connectivity index (χ4n) is 2.69. The molecule has 1 amide bonds. The second kappa shape index (κ2) is 7.82. The van der Waals surface area contributed by atoms with E-state index in [0.29, 0.717) is 32.0 Å². The Balaban J connectivity index is 2.07. The average Bonchev–Trinajstić information content (AvgIpc) is 2.85.